The minimum Gasteiger partial charge on any atom is -0.324 e. The first kappa shape index (κ1) is 17.0. The van der Waals surface area contributed by atoms with E-state index in [4.69, 9.17) is 11.6 Å². The Labute approximate surface area is 138 Å². The summed E-state index contributed by atoms with van der Waals surface area (Å²) in [5.74, 6) is -1.20. The molecule has 0 spiro atoms. The van der Waals surface area contributed by atoms with Crippen molar-refractivity contribution in [2.75, 3.05) is 16.8 Å². The van der Waals surface area contributed by atoms with Gasteiger partial charge in [0.1, 0.15) is 12.4 Å². The molecule has 0 heterocycles. The van der Waals surface area contributed by atoms with Gasteiger partial charge in [0.25, 0.3) is 0 Å². The lowest BCUT2D eigenvalue weighted by molar-refractivity contribution is -0.120. The Balaban J connectivity index is 2.14. The molecule has 0 saturated carbocycles. The summed E-state index contributed by atoms with van der Waals surface area (Å²) in [6.45, 7) is 3.12. The predicted octanol–water partition coefficient (Wildman–Crippen LogP) is 3.78. The number of hydrogen-bond donors (Lipinski definition) is 1. The molecule has 0 bridgehead atoms. The number of aryl methyl sites for hydroxylation is 1. The van der Waals surface area contributed by atoms with Crippen LogP contribution >= 0.6 is 11.6 Å². The van der Waals surface area contributed by atoms with Gasteiger partial charge in [-0.1, -0.05) is 29.8 Å². The monoisotopic (exact) mass is 334 g/mol. The van der Waals surface area contributed by atoms with Crippen molar-refractivity contribution in [3.05, 3.63) is 58.9 Å². The Hall–Kier alpha value is -2.40. The molecule has 0 saturated heterocycles. The molecule has 2 aromatic rings. The zero-order chi connectivity index (χ0) is 17.0. The number of carbonyl (C=O) groups is 2. The van der Waals surface area contributed by atoms with E-state index in [0.29, 0.717) is 11.4 Å². The zero-order valence-electron chi connectivity index (χ0n) is 12.8. The average molecular weight is 335 g/mol. The molecule has 6 heteroatoms. The van der Waals surface area contributed by atoms with Crippen LogP contribution in [0.2, 0.25) is 5.02 Å². The van der Waals surface area contributed by atoms with E-state index in [1.54, 1.807) is 12.1 Å². The number of rotatable bonds is 4. The first-order chi connectivity index (χ1) is 10.9. The second kappa shape index (κ2) is 7.24. The number of halogens is 2. The number of anilines is 2. The fourth-order valence-corrected chi connectivity index (χ4v) is 2.33. The average Bonchev–Trinajstić information content (AvgIpc) is 2.49. The van der Waals surface area contributed by atoms with Crippen molar-refractivity contribution < 1.29 is 14.0 Å². The summed E-state index contributed by atoms with van der Waals surface area (Å²) >= 11 is 5.68. The predicted molar refractivity (Wildman–Crippen MR) is 89.2 cm³/mol. The SMILES string of the molecule is CC(=O)N(CC(=O)Nc1ccc(F)c(Cl)c1)c1ccccc1C. The van der Waals surface area contributed by atoms with Crippen LogP contribution in [0.4, 0.5) is 15.8 Å². The quantitative estimate of drug-likeness (QED) is 0.925. The van der Waals surface area contributed by atoms with E-state index in [0.717, 1.165) is 5.56 Å². The number of benzene rings is 2. The van der Waals surface area contributed by atoms with Gasteiger partial charge < -0.3 is 10.2 Å². The minimum absolute atomic E-state index is 0.0786. The van der Waals surface area contributed by atoms with Crippen LogP contribution in [-0.2, 0) is 9.59 Å². The van der Waals surface area contributed by atoms with Crippen LogP contribution in [-0.4, -0.2) is 18.4 Å². The van der Waals surface area contributed by atoms with Crippen LogP contribution in [0.5, 0.6) is 0 Å². The molecule has 0 aliphatic heterocycles. The Bertz CT molecular complexity index is 749. The van der Waals surface area contributed by atoms with Gasteiger partial charge in [-0.2, -0.15) is 0 Å². The normalized spacial score (nSPS) is 10.3. The van der Waals surface area contributed by atoms with Crippen molar-refractivity contribution in [1.29, 1.82) is 0 Å². The lowest BCUT2D eigenvalue weighted by atomic mass is 10.2. The van der Waals surface area contributed by atoms with Gasteiger partial charge in [0, 0.05) is 18.3 Å². The van der Waals surface area contributed by atoms with Gasteiger partial charge in [0.15, 0.2) is 0 Å². The zero-order valence-corrected chi connectivity index (χ0v) is 13.5. The molecule has 2 rings (SSSR count). The summed E-state index contributed by atoms with van der Waals surface area (Å²) in [5, 5.41) is 2.52. The number of para-hydroxylation sites is 1. The molecule has 0 aromatic heterocycles. The fraction of sp³-hybridized carbons (Fsp3) is 0.176. The molecule has 0 aliphatic carbocycles. The highest BCUT2D eigenvalue weighted by Gasteiger charge is 2.17. The van der Waals surface area contributed by atoms with Crippen molar-refractivity contribution in [2.24, 2.45) is 0 Å². The van der Waals surface area contributed by atoms with Gasteiger partial charge in [-0.3, -0.25) is 9.59 Å². The second-order valence-electron chi connectivity index (χ2n) is 5.07. The highest BCUT2D eigenvalue weighted by Crippen LogP contribution is 2.21. The van der Waals surface area contributed by atoms with E-state index in [1.165, 1.54) is 30.0 Å². The molecule has 23 heavy (non-hydrogen) atoms. The van der Waals surface area contributed by atoms with Crippen LogP contribution in [0.15, 0.2) is 42.5 Å². The highest BCUT2D eigenvalue weighted by molar-refractivity contribution is 6.31. The van der Waals surface area contributed by atoms with Crippen LogP contribution < -0.4 is 10.2 Å². The van der Waals surface area contributed by atoms with Gasteiger partial charge in [-0.15, -0.1) is 0 Å². The minimum atomic E-state index is -0.560. The summed E-state index contributed by atoms with van der Waals surface area (Å²) in [5.41, 5.74) is 1.93. The molecule has 0 unspecified atom stereocenters. The molecule has 4 nitrogen and oxygen atoms in total. The number of nitrogens with one attached hydrogen (secondary N) is 1. The highest BCUT2D eigenvalue weighted by atomic mass is 35.5. The van der Waals surface area contributed by atoms with Gasteiger partial charge >= 0.3 is 0 Å². The standard InChI is InChI=1S/C17H16ClFN2O2/c1-11-5-3-4-6-16(11)21(12(2)22)10-17(23)20-13-7-8-15(19)14(18)9-13/h3-9H,10H2,1-2H3,(H,20,23). The smallest absolute Gasteiger partial charge is 0.244 e. The first-order valence-corrected chi connectivity index (χ1v) is 7.35. The van der Waals surface area contributed by atoms with E-state index < -0.39 is 11.7 Å². The summed E-state index contributed by atoms with van der Waals surface area (Å²) in [4.78, 5) is 25.4. The van der Waals surface area contributed by atoms with Gasteiger partial charge in [0.05, 0.1) is 5.02 Å². The van der Waals surface area contributed by atoms with Gasteiger partial charge in [-0.25, -0.2) is 4.39 Å². The molecule has 0 atom stereocenters. The van der Waals surface area contributed by atoms with Gasteiger partial charge in [-0.05, 0) is 36.8 Å². The second-order valence-corrected chi connectivity index (χ2v) is 5.48. The molecule has 2 aromatic carbocycles. The lowest BCUT2D eigenvalue weighted by Crippen LogP contribution is -2.37. The van der Waals surface area contributed by atoms with Crippen LogP contribution in [0.25, 0.3) is 0 Å². The van der Waals surface area contributed by atoms with E-state index >= 15 is 0 Å². The fourth-order valence-electron chi connectivity index (χ4n) is 2.15. The van der Waals surface area contributed by atoms with Crippen molar-refractivity contribution >= 4 is 34.8 Å². The number of carbonyl (C=O) groups excluding carboxylic acids is 2. The topological polar surface area (TPSA) is 49.4 Å². The molecule has 0 aliphatic rings. The molecular weight excluding hydrogens is 319 g/mol. The molecule has 2 amide bonds. The first-order valence-electron chi connectivity index (χ1n) is 6.97. The number of amides is 2. The van der Waals surface area contributed by atoms with E-state index in [1.807, 2.05) is 19.1 Å². The number of hydrogen-bond acceptors (Lipinski definition) is 2. The van der Waals surface area contributed by atoms with Crippen LogP contribution in [0.1, 0.15) is 12.5 Å². The third kappa shape index (κ3) is 4.29. The molecule has 0 fully saturated rings. The van der Waals surface area contributed by atoms with Crippen LogP contribution in [0.3, 0.4) is 0 Å². The van der Waals surface area contributed by atoms with Crippen molar-refractivity contribution in [2.45, 2.75) is 13.8 Å². The Morgan fingerprint density at radius 1 is 1.22 bits per heavy atom. The van der Waals surface area contributed by atoms with E-state index in [-0.39, 0.29) is 17.5 Å². The van der Waals surface area contributed by atoms with E-state index in [2.05, 4.69) is 5.32 Å². The maximum atomic E-state index is 13.1. The molecular formula is C17H16ClFN2O2. The molecule has 1 N–H and O–H groups in total. The van der Waals surface area contributed by atoms with Crippen molar-refractivity contribution in [3.8, 4) is 0 Å². The summed E-state index contributed by atoms with van der Waals surface area (Å²) in [6.07, 6.45) is 0. The van der Waals surface area contributed by atoms with Gasteiger partial charge in [0.2, 0.25) is 11.8 Å². The summed E-state index contributed by atoms with van der Waals surface area (Å²) in [7, 11) is 0. The third-order valence-corrected chi connectivity index (χ3v) is 3.58. The Morgan fingerprint density at radius 2 is 1.91 bits per heavy atom. The van der Waals surface area contributed by atoms with E-state index in [9.17, 15) is 14.0 Å². The maximum Gasteiger partial charge on any atom is 0.244 e. The van der Waals surface area contributed by atoms with Crippen molar-refractivity contribution in [3.63, 3.8) is 0 Å². The Kier molecular flexibility index (Phi) is 5.34. The van der Waals surface area contributed by atoms with Crippen LogP contribution in [0, 0.1) is 12.7 Å². The summed E-state index contributed by atoms with van der Waals surface area (Å²) < 4.78 is 13.1. The molecule has 120 valence electrons. The Morgan fingerprint density at radius 3 is 2.52 bits per heavy atom. The van der Waals surface area contributed by atoms with Crippen molar-refractivity contribution in [1.82, 2.24) is 0 Å². The maximum absolute atomic E-state index is 13.1. The third-order valence-electron chi connectivity index (χ3n) is 3.29. The summed E-state index contributed by atoms with van der Waals surface area (Å²) in [6, 6.07) is 11.2. The number of nitrogens with zero attached hydrogens (tertiary/aromatic N) is 1. The molecule has 0 radical (unpaired) electrons. The lowest BCUT2D eigenvalue weighted by Gasteiger charge is -2.22. The largest absolute Gasteiger partial charge is 0.324 e.